The van der Waals surface area contributed by atoms with Crippen LogP contribution in [0.5, 0.6) is 11.5 Å². The SMILES string of the molecule is N#Cc1ccccc1Oc1ccc(NC(=O)CC2(C(=O)O)Cc3ccccc3C2)cc1. The second-order valence-electron chi connectivity index (χ2n) is 7.67. The number of hydrogen-bond acceptors (Lipinski definition) is 4. The lowest BCUT2D eigenvalue weighted by Gasteiger charge is -2.23. The van der Waals surface area contributed by atoms with Crippen molar-refractivity contribution in [3.63, 3.8) is 0 Å². The molecular formula is C25H20N2O4. The number of amides is 1. The second kappa shape index (κ2) is 8.33. The van der Waals surface area contributed by atoms with Crippen molar-refractivity contribution in [2.45, 2.75) is 19.3 Å². The molecule has 1 amide bonds. The summed E-state index contributed by atoms with van der Waals surface area (Å²) in [7, 11) is 0. The van der Waals surface area contributed by atoms with E-state index in [1.54, 1.807) is 48.5 Å². The van der Waals surface area contributed by atoms with E-state index in [9.17, 15) is 14.7 Å². The van der Waals surface area contributed by atoms with E-state index >= 15 is 0 Å². The first-order valence-electron chi connectivity index (χ1n) is 9.86. The number of rotatable bonds is 6. The number of carbonyl (C=O) groups excluding carboxylic acids is 1. The van der Waals surface area contributed by atoms with Gasteiger partial charge in [0.05, 0.1) is 11.0 Å². The fraction of sp³-hybridized carbons (Fsp3) is 0.160. The number of nitriles is 1. The number of anilines is 1. The fourth-order valence-corrected chi connectivity index (χ4v) is 3.94. The van der Waals surface area contributed by atoms with Crippen molar-refractivity contribution in [3.05, 3.63) is 89.5 Å². The summed E-state index contributed by atoms with van der Waals surface area (Å²) in [6.45, 7) is 0. The van der Waals surface area contributed by atoms with Crippen LogP contribution in [0.4, 0.5) is 5.69 Å². The highest BCUT2D eigenvalue weighted by Crippen LogP contribution is 2.40. The number of para-hydroxylation sites is 1. The highest BCUT2D eigenvalue weighted by atomic mass is 16.5. The van der Waals surface area contributed by atoms with Crippen LogP contribution in [0.3, 0.4) is 0 Å². The predicted octanol–water partition coefficient (Wildman–Crippen LogP) is 4.55. The van der Waals surface area contributed by atoms with E-state index in [2.05, 4.69) is 11.4 Å². The Bertz CT molecular complexity index is 1150. The van der Waals surface area contributed by atoms with Gasteiger partial charge in [0.15, 0.2) is 0 Å². The lowest BCUT2D eigenvalue weighted by atomic mass is 9.81. The van der Waals surface area contributed by atoms with Crippen LogP contribution in [0, 0.1) is 16.7 Å². The summed E-state index contributed by atoms with van der Waals surface area (Å²) in [5.41, 5.74) is 1.81. The van der Waals surface area contributed by atoms with Crippen LogP contribution in [0.15, 0.2) is 72.8 Å². The normalized spacial score (nSPS) is 13.6. The van der Waals surface area contributed by atoms with Crippen LogP contribution in [0.1, 0.15) is 23.1 Å². The molecule has 2 N–H and O–H groups in total. The third kappa shape index (κ3) is 4.26. The third-order valence-electron chi connectivity index (χ3n) is 5.50. The minimum absolute atomic E-state index is 0.106. The average Bonchev–Trinajstić information content (AvgIpc) is 3.15. The van der Waals surface area contributed by atoms with Crippen molar-refractivity contribution >= 4 is 17.6 Å². The van der Waals surface area contributed by atoms with Crippen LogP contribution >= 0.6 is 0 Å². The number of aliphatic carboxylic acids is 1. The summed E-state index contributed by atoms with van der Waals surface area (Å²) in [6.07, 6.45) is 0.582. The summed E-state index contributed by atoms with van der Waals surface area (Å²) in [5.74, 6) is -0.336. The molecular weight excluding hydrogens is 392 g/mol. The smallest absolute Gasteiger partial charge is 0.310 e. The zero-order chi connectivity index (χ0) is 21.8. The summed E-state index contributed by atoms with van der Waals surface area (Å²) in [4.78, 5) is 24.7. The van der Waals surface area contributed by atoms with E-state index in [-0.39, 0.29) is 12.3 Å². The first kappa shape index (κ1) is 20.2. The van der Waals surface area contributed by atoms with Crippen molar-refractivity contribution in [3.8, 4) is 17.6 Å². The van der Waals surface area contributed by atoms with Crippen molar-refractivity contribution in [2.24, 2.45) is 5.41 Å². The standard InChI is InChI=1S/C25H20N2O4/c26-16-19-7-3-4-8-22(19)31-21-11-9-20(10-12-21)27-23(28)15-25(24(29)30)13-17-5-1-2-6-18(17)14-25/h1-12H,13-15H2,(H,27,28)(H,29,30). The number of nitrogens with zero attached hydrogens (tertiary/aromatic N) is 1. The van der Waals surface area contributed by atoms with Gasteiger partial charge in [0.2, 0.25) is 5.91 Å². The summed E-state index contributed by atoms with van der Waals surface area (Å²) < 4.78 is 5.74. The Kier molecular flexibility index (Phi) is 5.42. The molecule has 0 bridgehead atoms. The van der Waals surface area contributed by atoms with E-state index in [1.807, 2.05) is 24.3 Å². The highest BCUT2D eigenvalue weighted by Gasteiger charge is 2.45. The number of benzene rings is 3. The Morgan fingerprint density at radius 3 is 2.19 bits per heavy atom. The average molecular weight is 412 g/mol. The third-order valence-corrected chi connectivity index (χ3v) is 5.50. The minimum Gasteiger partial charge on any atom is -0.481 e. The van der Waals surface area contributed by atoms with Gasteiger partial charge in [-0.2, -0.15) is 5.26 Å². The Morgan fingerprint density at radius 2 is 1.58 bits per heavy atom. The first-order chi connectivity index (χ1) is 15.0. The lowest BCUT2D eigenvalue weighted by molar-refractivity contribution is -0.150. The molecule has 0 saturated carbocycles. The van der Waals surface area contributed by atoms with Crippen molar-refractivity contribution in [1.29, 1.82) is 5.26 Å². The Balaban J connectivity index is 1.42. The van der Waals surface area contributed by atoms with Crippen molar-refractivity contribution < 1.29 is 19.4 Å². The van der Waals surface area contributed by atoms with Gasteiger partial charge in [0.1, 0.15) is 17.6 Å². The molecule has 0 aromatic heterocycles. The van der Waals surface area contributed by atoms with Crippen molar-refractivity contribution in [2.75, 3.05) is 5.32 Å². The van der Waals surface area contributed by atoms with E-state index in [0.717, 1.165) is 11.1 Å². The van der Waals surface area contributed by atoms with Gasteiger partial charge >= 0.3 is 5.97 Å². The van der Waals surface area contributed by atoms with Gasteiger partial charge in [-0.05, 0) is 60.4 Å². The van der Waals surface area contributed by atoms with Crippen LogP contribution in [-0.2, 0) is 22.4 Å². The van der Waals surface area contributed by atoms with E-state index in [0.29, 0.717) is 35.6 Å². The number of nitrogens with one attached hydrogen (secondary N) is 1. The zero-order valence-corrected chi connectivity index (χ0v) is 16.7. The van der Waals surface area contributed by atoms with Crippen LogP contribution in [0.25, 0.3) is 0 Å². The molecule has 1 aliphatic rings. The summed E-state index contributed by atoms with van der Waals surface area (Å²) in [6, 6.07) is 23.3. The molecule has 6 heteroatoms. The molecule has 0 aliphatic heterocycles. The summed E-state index contributed by atoms with van der Waals surface area (Å²) >= 11 is 0. The number of ether oxygens (including phenoxy) is 1. The molecule has 0 fully saturated rings. The number of carboxylic acids is 1. The highest BCUT2D eigenvalue weighted by molar-refractivity contribution is 5.94. The lowest BCUT2D eigenvalue weighted by Crippen LogP contribution is -2.36. The van der Waals surface area contributed by atoms with Crippen LogP contribution in [-0.4, -0.2) is 17.0 Å². The molecule has 0 unspecified atom stereocenters. The molecule has 6 nitrogen and oxygen atoms in total. The van der Waals surface area contributed by atoms with Crippen LogP contribution in [0.2, 0.25) is 0 Å². The maximum Gasteiger partial charge on any atom is 0.310 e. The Hall–Kier alpha value is -4.11. The number of hydrogen-bond donors (Lipinski definition) is 2. The molecule has 0 atom stereocenters. The molecule has 0 radical (unpaired) electrons. The largest absolute Gasteiger partial charge is 0.481 e. The number of fused-ring (bicyclic) bond motifs is 1. The molecule has 4 rings (SSSR count). The maximum atomic E-state index is 12.6. The molecule has 31 heavy (non-hydrogen) atoms. The Labute approximate surface area is 179 Å². The van der Waals surface area contributed by atoms with E-state index < -0.39 is 11.4 Å². The molecule has 0 saturated heterocycles. The second-order valence-corrected chi connectivity index (χ2v) is 7.67. The first-order valence-corrected chi connectivity index (χ1v) is 9.86. The molecule has 3 aromatic rings. The molecule has 1 aliphatic carbocycles. The fourth-order valence-electron chi connectivity index (χ4n) is 3.94. The van der Waals surface area contributed by atoms with Gasteiger partial charge in [-0.25, -0.2) is 0 Å². The van der Waals surface area contributed by atoms with Gasteiger partial charge < -0.3 is 15.2 Å². The van der Waals surface area contributed by atoms with E-state index in [4.69, 9.17) is 10.00 Å². The summed E-state index contributed by atoms with van der Waals surface area (Å²) in [5, 5.41) is 21.8. The van der Waals surface area contributed by atoms with Crippen molar-refractivity contribution in [1.82, 2.24) is 0 Å². The molecule has 0 heterocycles. The van der Waals surface area contributed by atoms with Gasteiger partial charge in [0, 0.05) is 12.1 Å². The van der Waals surface area contributed by atoms with Gasteiger partial charge in [-0.15, -0.1) is 0 Å². The molecule has 154 valence electrons. The predicted molar refractivity (Wildman–Crippen MR) is 115 cm³/mol. The maximum absolute atomic E-state index is 12.6. The minimum atomic E-state index is -1.13. The number of carboxylic acid groups (broad SMARTS) is 1. The molecule has 0 spiro atoms. The zero-order valence-electron chi connectivity index (χ0n) is 16.7. The van der Waals surface area contributed by atoms with Gasteiger partial charge in [-0.3, -0.25) is 9.59 Å². The molecule has 3 aromatic carbocycles. The quantitative estimate of drug-likeness (QED) is 0.619. The van der Waals surface area contributed by atoms with Crippen LogP contribution < -0.4 is 10.1 Å². The number of carbonyl (C=O) groups is 2. The van der Waals surface area contributed by atoms with E-state index in [1.165, 1.54) is 0 Å². The van der Waals surface area contributed by atoms with Gasteiger partial charge in [0.25, 0.3) is 0 Å². The monoisotopic (exact) mass is 412 g/mol. The topological polar surface area (TPSA) is 99.4 Å². The van der Waals surface area contributed by atoms with Gasteiger partial charge in [-0.1, -0.05) is 36.4 Å². The Morgan fingerprint density at radius 1 is 0.968 bits per heavy atom.